The molecule has 0 aromatic heterocycles. The molecule has 0 radical (unpaired) electrons. The average Bonchev–Trinajstić information content (AvgIpc) is 3.24. The van der Waals surface area contributed by atoms with Gasteiger partial charge in [0.2, 0.25) is 0 Å². The summed E-state index contributed by atoms with van der Waals surface area (Å²) in [5.41, 5.74) is 0.596. The van der Waals surface area contributed by atoms with Crippen LogP contribution in [0.25, 0.3) is 0 Å². The van der Waals surface area contributed by atoms with Crippen LogP contribution in [0.4, 0.5) is 4.39 Å². The zero-order valence-electron chi connectivity index (χ0n) is 12.2. The van der Waals surface area contributed by atoms with Crippen molar-refractivity contribution in [3.05, 3.63) is 35.1 Å². The number of carbonyl (C=O) groups excluding carboxylic acids is 1. The first-order valence-corrected chi connectivity index (χ1v) is 7.30. The van der Waals surface area contributed by atoms with Gasteiger partial charge in [0.05, 0.1) is 12.2 Å². The molecule has 1 saturated carbocycles. The minimum absolute atomic E-state index is 0.0137. The minimum atomic E-state index is -0.543. The van der Waals surface area contributed by atoms with Gasteiger partial charge < -0.3 is 10.4 Å². The fourth-order valence-electron chi connectivity index (χ4n) is 2.21. The highest BCUT2D eigenvalue weighted by atomic mass is 19.1. The molecule has 2 N–H and O–H groups in total. The lowest BCUT2D eigenvalue weighted by atomic mass is 10.1. The first-order valence-electron chi connectivity index (χ1n) is 7.30. The minimum Gasteiger partial charge on any atom is -0.395 e. The van der Waals surface area contributed by atoms with Crippen molar-refractivity contribution in [2.24, 2.45) is 5.92 Å². The lowest BCUT2D eigenvalue weighted by Gasteiger charge is -2.13. The molecule has 0 spiro atoms. The molecule has 0 bridgehead atoms. The van der Waals surface area contributed by atoms with E-state index < -0.39 is 11.7 Å². The molecule has 1 atom stereocenters. The highest BCUT2D eigenvalue weighted by Gasteiger charge is 2.24. The molecule has 1 unspecified atom stereocenters. The van der Waals surface area contributed by atoms with E-state index >= 15 is 0 Å². The maximum atomic E-state index is 13.8. The Bertz CT molecular complexity index is 570. The summed E-state index contributed by atoms with van der Waals surface area (Å²) in [7, 11) is 0. The summed E-state index contributed by atoms with van der Waals surface area (Å²) in [4.78, 5) is 12.1. The van der Waals surface area contributed by atoms with E-state index in [2.05, 4.69) is 17.2 Å². The van der Waals surface area contributed by atoms with E-state index in [1.165, 1.54) is 31.0 Å². The van der Waals surface area contributed by atoms with Gasteiger partial charge in [0.25, 0.3) is 5.91 Å². The number of halogens is 1. The topological polar surface area (TPSA) is 49.3 Å². The van der Waals surface area contributed by atoms with Crippen LogP contribution in [0.2, 0.25) is 0 Å². The van der Waals surface area contributed by atoms with Gasteiger partial charge in [-0.25, -0.2) is 4.39 Å². The number of nitrogens with one attached hydrogen (secondary N) is 1. The van der Waals surface area contributed by atoms with Gasteiger partial charge in [-0.1, -0.05) is 24.7 Å². The van der Waals surface area contributed by atoms with Gasteiger partial charge in [-0.15, -0.1) is 0 Å². The highest BCUT2D eigenvalue weighted by molar-refractivity contribution is 5.95. The van der Waals surface area contributed by atoms with Crippen LogP contribution < -0.4 is 5.32 Å². The van der Waals surface area contributed by atoms with Crippen molar-refractivity contribution in [1.82, 2.24) is 5.32 Å². The first-order chi connectivity index (χ1) is 10.1. The summed E-state index contributed by atoms with van der Waals surface area (Å²) in [6.07, 6.45) is 3.76. The number of hydrogen-bond donors (Lipinski definition) is 2. The van der Waals surface area contributed by atoms with Crippen LogP contribution in [0.15, 0.2) is 18.2 Å². The van der Waals surface area contributed by atoms with Crippen molar-refractivity contribution in [1.29, 1.82) is 0 Å². The quantitative estimate of drug-likeness (QED) is 0.818. The second-order valence-electron chi connectivity index (χ2n) is 5.52. The van der Waals surface area contributed by atoms with Crippen LogP contribution in [0.3, 0.4) is 0 Å². The molecule has 0 aliphatic heterocycles. The maximum absolute atomic E-state index is 13.8. The van der Waals surface area contributed by atoms with Crippen LogP contribution in [0, 0.1) is 23.6 Å². The molecule has 1 aromatic carbocycles. The molecule has 1 fully saturated rings. The molecular weight excluding hydrogens is 269 g/mol. The Kier molecular flexibility index (Phi) is 5.35. The van der Waals surface area contributed by atoms with Gasteiger partial charge in [-0.05, 0) is 37.5 Å². The van der Waals surface area contributed by atoms with Crippen LogP contribution in [0.5, 0.6) is 0 Å². The smallest absolute Gasteiger partial charge is 0.254 e. The Balaban J connectivity index is 2.04. The summed E-state index contributed by atoms with van der Waals surface area (Å²) < 4.78 is 13.8. The predicted molar refractivity (Wildman–Crippen MR) is 79.3 cm³/mol. The molecular formula is C17H20FNO2. The third kappa shape index (κ3) is 4.87. The highest BCUT2D eigenvalue weighted by Crippen LogP contribution is 2.33. The van der Waals surface area contributed by atoms with E-state index in [-0.39, 0.29) is 18.2 Å². The van der Waals surface area contributed by atoms with Crippen molar-refractivity contribution in [3.63, 3.8) is 0 Å². The van der Waals surface area contributed by atoms with Gasteiger partial charge in [-0.3, -0.25) is 4.79 Å². The standard InChI is InChI=1S/C17H20FNO2/c1-12(10-14-5-6-14)19-17(21)15-11-13(4-2-3-9-20)7-8-16(15)18/h7-8,11-12,14,20H,3,5-6,9-10H2,1H3,(H,19,21). The van der Waals surface area contributed by atoms with Crippen molar-refractivity contribution in [3.8, 4) is 11.8 Å². The molecule has 1 aliphatic carbocycles. The molecule has 21 heavy (non-hydrogen) atoms. The fraction of sp³-hybridized carbons (Fsp3) is 0.471. The van der Waals surface area contributed by atoms with Crippen LogP contribution >= 0.6 is 0 Å². The van der Waals surface area contributed by atoms with Crippen LogP contribution in [0.1, 0.15) is 48.5 Å². The second-order valence-corrected chi connectivity index (χ2v) is 5.52. The molecule has 0 saturated heterocycles. The van der Waals surface area contributed by atoms with Crippen molar-refractivity contribution in [2.45, 2.75) is 38.6 Å². The molecule has 0 heterocycles. The summed E-state index contributed by atoms with van der Waals surface area (Å²) >= 11 is 0. The van der Waals surface area contributed by atoms with E-state index in [4.69, 9.17) is 5.11 Å². The molecule has 3 nitrogen and oxygen atoms in total. The number of aliphatic hydroxyl groups excluding tert-OH is 1. The Morgan fingerprint density at radius 2 is 2.29 bits per heavy atom. The van der Waals surface area contributed by atoms with E-state index in [1.54, 1.807) is 0 Å². The Hall–Kier alpha value is -1.86. The number of amides is 1. The van der Waals surface area contributed by atoms with E-state index in [0.717, 1.165) is 6.42 Å². The molecule has 2 rings (SSSR count). The van der Waals surface area contributed by atoms with Crippen LogP contribution in [-0.2, 0) is 0 Å². The fourth-order valence-corrected chi connectivity index (χ4v) is 2.21. The van der Waals surface area contributed by atoms with E-state index in [0.29, 0.717) is 17.9 Å². The SMILES string of the molecule is CC(CC1CC1)NC(=O)c1cc(C#CCCO)ccc1F. The van der Waals surface area contributed by atoms with Gasteiger partial charge in [0.15, 0.2) is 0 Å². The maximum Gasteiger partial charge on any atom is 0.254 e. The Labute approximate surface area is 124 Å². The van der Waals surface area contributed by atoms with Crippen molar-refractivity contribution in [2.75, 3.05) is 6.61 Å². The second kappa shape index (κ2) is 7.24. The summed E-state index contributed by atoms with van der Waals surface area (Å²) in [6, 6.07) is 4.29. The molecule has 1 aromatic rings. The third-order valence-corrected chi connectivity index (χ3v) is 3.44. The molecule has 1 aliphatic rings. The number of hydrogen-bond acceptors (Lipinski definition) is 2. The van der Waals surface area contributed by atoms with Gasteiger partial charge in [-0.2, -0.15) is 0 Å². The number of aliphatic hydroxyl groups is 1. The monoisotopic (exact) mass is 289 g/mol. The third-order valence-electron chi connectivity index (χ3n) is 3.44. The molecule has 1 amide bonds. The average molecular weight is 289 g/mol. The van der Waals surface area contributed by atoms with Gasteiger partial charge in [0, 0.05) is 18.0 Å². The number of benzene rings is 1. The van der Waals surface area contributed by atoms with Crippen molar-refractivity contribution >= 4 is 5.91 Å². The van der Waals surface area contributed by atoms with Gasteiger partial charge >= 0.3 is 0 Å². The first kappa shape index (κ1) is 15.5. The normalized spacial score (nSPS) is 15.0. The number of rotatable bonds is 5. The summed E-state index contributed by atoms with van der Waals surface area (Å²) in [5.74, 6) is 5.33. The zero-order valence-corrected chi connectivity index (χ0v) is 12.2. The molecule has 4 heteroatoms. The van der Waals surface area contributed by atoms with E-state index in [9.17, 15) is 9.18 Å². The summed E-state index contributed by atoms with van der Waals surface area (Å²) in [5, 5.41) is 11.5. The Morgan fingerprint density at radius 1 is 1.52 bits per heavy atom. The van der Waals surface area contributed by atoms with E-state index in [1.807, 2.05) is 6.92 Å². The predicted octanol–water partition coefficient (Wildman–Crippen LogP) is 2.48. The van der Waals surface area contributed by atoms with Crippen molar-refractivity contribution < 1.29 is 14.3 Å². The Morgan fingerprint density at radius 3 is 2.95 bits per heavy atom. The summed E-state index contributed by atoms with van der Waals surface area (Å²) in [6.45, 7) is 1.93. The number of carbonyl (C=O) groups is 1. The lowest BCUT2D eigenvalue weighted by Crippen LogP contribution is -2.33. The molecule has 112 valence electrons. The lowest BCUT2D eigenvalue weighted by molar-refractivity contribution is 0.0933. The van der Waals surface area contributed by atoms with Crippen LogP contribution in [-0.4, -0.2) is 23.7 Å². The largest absolute Gasteiger partial charge is 0.395 e. The zero-order chi connectivity index (χ0) is 15.2. The van der Waals surface area contributed by atoms with Gasteiger partial charge in [0.1, 0.15) is 5.82 Å².